The Labute approximate surface area is 152 Å². The molecule has 119 valence electrons. The third-order valence-corrected chi connectivity index (χ3v) is 5.63. The third kappa shape index (κ3) is 2.83. The standard InChI is InChI=1S/C22H20ClSi/c1-13-7-5-9-17(15(13)3)21-19(23)11-12-20(24)22(21)18-10-6-8-14(2)16(18)4/h5-12H,1-4H3. The van der Waals surface area contributed by atoms with E-state index in [1.807, 2.05) is 12.1 Å². The summed E-state index contributed by atoms with van der Waals surface area (Å²) in [6.07, 6.45) is 0. The van der Waals surface area contributed by atoms with Crippen molar-refractivity contribution < 1.29 is 0 Å². The number of aryl methyl sites for hydroxylation is 2. The molecule has 3 aromatic carbocycles. The van der Waals surface area contributed by atoms with Crippen LogP contribution in [-0.2, 0) is 0 Å². The van der Waals surface area contributed by atoms with E-state index in [1.165, 1.54) is 33.4 Å². The fraction of sp³-hybridized carbons (Fsp3) is 0.182. The van der Waals surface area contributed by atoms with Crippen molar-refractivity contribution in [3.63, 3.8) is 0 Å². The Balaban J connectivity index is 2.42. The third-order valence-electron chi connectivity index (χ3n) is 4.90. The lowest BCUT2D eigenvalue weighted by Gasteiger charge is -2.20. The molecule has 2 heteroatoms. The van der Waals surface area contributed by atoms with Crippen molar-refractivity contribution in [2.24, 2.45) is 0 Å². The summed E-state index contributed by atoms with van der Waals surface area (Å²) in [6.45, 7) is 8.62. The van der Waals surface area contributed by atoms with Gasteiger partial charge < -0.3 is 0 Å². The Morgan fingerprint density at radius 2 is 1.17 bits per heavy atom. The van der Waals surface area contributed by atoms with E-state index in [0.717, 1.165) is 21.3 Å². The summed E-state index contributed by atoms with van der Waals surface area (Å²) in [7, 11) is 3.82. The van der Waals surface area contributed by atoms with E-state index < -0.39 is 0 Å². The van der Waals surface area contributed by atoms with Crippen LogP contribution in [0.2, 0.25) is 5.02 Å². The van der Waals surface area contributed by atoms with Gasteiger partial charge in [0.25, 0.3) is 0 Å². The maximum Gasteiger partial charge on any atom is 0.0720 e. The first-order chi connectivity index (χ1) is 11.4. The molecule has 0 amide bonds. The smallest absolute Gasteiger partial charge is 0.0720 e. The lowest BCUT2D eigenvalue weighted by molar-refractivity contribution is 1.33. The van der Waals surface area contributed by atoms with Gasteiger partial charge in [-0.15, -0.1) is 0 Å². The number of rotatable bonds is 2. The van der Waals surface area contributed by atoms with Crippen molar-refractivity contribution in [3.05, 3.63) is 75.8 Å². The summed E-state index contributed by atoms with van der Waals surface area (Å²) in [5.41, 5.74) is 9.77. The predicted octanol–water partition coefficient (Wildman–Crippen LogP) is 5.70. The van der Waals surface area contributed by atoms with Crippen LogP contribution in [0, 0.1) is 27.7 Å². The van der Waals surface area contributed by atoms with Crippen LogP contribution in [-0.4, -0.2) is 10.2 Å². The van der Waals surface area contributed by atoms with Gasteiger partial charge in [0, 0.05) is 10.6 Å². The van der Waals surface area contributed by atoms with Gasteiger partial charge in [-0.1, -0.05) is 59.3 Å². The summed E-state index contributed by atoms with van der Waals surface area (Å²) in [6, 6.07) is 16.8. The van der Waals surface area contributed by atoms with Crippen LogP contribution in [0.15, 0.2) is 48.5 Å². The molecule has 0 saturated carbocycles. The topological polar surface area (TPSA) is 0 Å². The normalized spacial score (nSPS) is 10.9. The van der Waals surface area contributed by atoms with Crippen molar-refractivity contribution in [3.8, 4) is 22.3 Å². The first-order valence-electron chi connectivity index (χ1n) is 8.09. The highest BCUT2D eigenvalue weighted by molar-refractivity contribution is 6.40. The first kappa shape index (κ1) is 17.0. The monoisotopic (exact) mass is 347 g/mol. The van der Waals surface area contributed by atoms with Gasteiger partial charge in [-0.05, 0) is 72.7 Å². The highest BCUT2D eigenvalue weighted by Crippen LogP contribution is 2.39. The largest absolute Gasteiger partial charge is 0.0836 e. The van der Waals surface area contributed by atoms with E-state index in [1.54, 1.807) is 0 Å². The number of halogens is 1. The van der Waals surface area contributed by atoms with Gasteiger partial charge in [0.2, 0.25) is 0 Å². The molecule has 0 bridgehead atoms. The van der Waals surface area contributed by atoms with Gasteiger partial charge in [-0.3, -0.25) is 0 Å². The number of hydrogen-bond donors (Lipinski definition) is 0. The van der Waals surface area contributed by atoms with E-state index in [2.05, 4.69) is 74.3 Å². The van der Waals surface area contributed by atoms with E-state index in [4.69, 9.17) is 11.6 Å². The second-order valence-corrected chi connectivity index (χ2v) is 7.29. The Bertz CT molecular complexity index is 849. The highest BCUT2D eigenvalue weighted by atomic mass is 35.5. The average Bonchev–Trinajstić information content (AvgIpc) is 2.55. The van der Waals surface area contributed by atoms with Gasteiger partial charge in [0.1, 0.15) is 0 Å². The van der Waals surface area contributed by atoms with Crippen LogP contribution in [0.5, 0.6) is 0 Å². The molecule has 3 radical (unpaired) electrons. The predicted molar refractivity (Wildman–Crippen MR) is 107 cm³/mol. The van der Waals surface area contributed by atoms with Crippen LogP contribution in [0.1, 0.15) is 22.3 Å². The molecule has 0 saturated heterocycles. The van der Waals surface area contributed by atoms with Crippen LogP contribution < -0.4 is 5.19 Å². The fourth-order valence-corrected chi connectivity index (χ4v) is 3.77. The van der Waals surface area contributed by atoms with Crippen molar-refractivity contribution in [1.82, 2.24) is 0 Å². The SMILES string of the molecule is Cc1cccc(-c2c([Si])ccc(Cl)c2-c2cccc(C)c2C)c1C. The van der Waals surface area contributed by atoms with Crippen molar-refractivity contribution in [1.29, 1.82) is 0 Å². The van der Waals surface area contributed by atoms with Crippen LogP contribution >= 0.6 is 11.6 Å². The van der Waals surface area contributed by atoms with Gasteiger partial charge in [-0.2, -0.15) is 0 Å². The summed E-state index contributed by atoms with van der Waals surface area (Å²) >= 11 is 6.68. The first-order valence-corrected chi connectivity index (χ1v) is 8.97. The summed E-state index contributed by atoms with van der Waals surface area (Å²) in [4.78, 5) is 0. The van der Waals surface area contributed by atoms with Gasteiger partial charge in [0.05, 0.1) is 10.2 Å². The van der Waals surface area contributed by atoms with Gasteiger partial charge in [0.15, 0.2) is 0 Å². The average molecular weight is 348 g/mol. The Kier molecular flexibility index (Phi) is 4.66. The van der Waals surface area contributed by atoms with Crippen LogP contribution in [0.4, 0.5) is 0 Å². The summed E-state index contributed by atoms with van der Waals surface area (Å²) in [5, 5.41) is 1.84. The summed E-state index contributed by atoms with van der Waals surface area (Å²) < 4.78 is 0. The molecule has 0 heterocycles. The number of hydrogen-bond acceptors (Lipinski definition) is 0. The quantitative estimate of drug-likeness (QED) is 0.521. The molecule has 0 spiro atoms. The molecule has 24 heavy (non-hydrogen) atoms. The molecule has 3 aromatic rings. The van der Waals surface area contributed by atoms with Crippen LogP contribution in [0.25, 0.3) is 22.3 Å². The second-order valence-electron chi connectivity index (χ2n) is 6.34. The minimum absolute atomic E-state index is 0.779. The zero-order chi connectivity index (χ0) is 17.4. The lowest BCUT2D eigenvalue weighted by atomic mass is 9.88. The molecule has 0 atom stereocenters. The Morgan fingerprint density at radius 3 is 1.71 bits per heavy atom. The molecule has 0 aromatic heterocycles. The number of benzene rings is 3. The van der Waals surface area contributed by atoms with Gasteiger partial charge >= 0.3 is 0 Å². The van der Waals surface area contributed by atoms with Crippen molar-refractivity contribution in [2.45, 2.75) is 27.7 Å². The van der Waals surface area contributed by atoms with E-state index in [-0.39, 0.29) is 0 Å². The minimum Gasteiger partial charge on any atom is -0.0836 e. The fourth-order valence-electron chi connectivity index (χ4n) is 3.16. The molecular weight excluding hydrogens is 328 g/mol. The van der Waals surface area contributed by atoms with Crippen molar-refractivity contribution >= 4 is 27.0 Å². The minimum atomic E-state index is 0.779. The molecule has 0 aliphatic heterocycles. The zero-order valence-corrected chi connectivity index (χ0v) is 16.3. The molecule has 0 nitrogen and oxygen atoms in total. The van der Waals surface area contributed by atoms with E-state index in [0.29, 0.717) is 0 Å². The molecule has 0 aliphatic rings. The Morgan fingerprint density at radius 1 is 0.667 bits per heavy atom. The molecule has 0 fully saturated rings. The van der Waals surface area contributed by atoms with Gasteiger partial charge in [-0.25, -0.2) is 0 Å². The molecule has 0 aliphatic carbocycles. The highest BCUT2D eigenvalue weighted by Gasteiger charge is 2.18. The maximum absolute atomic E-state index is 6.68. The molecular formula is C22H20ClSi. The molecule has 0 N–H and O–H groups in total. The Hall–Kier alpha value is -1.83. The molecule has 0 unspecified atom stereocenters. The summed E-state index contributed by atoms with van der Waals surface area (Å²) in [5.74, 6) is 0. The lowest BCUT2D eigenvalue weighted by Crippen LogP contribution is -2.10. The zero-order valence-electron chi connectivity index (χ0n) is 14.5. The molecule has 3 rings (SSSR count). The second kappa shape index (κ2) is 6.58. The van der Waals surface area contributed by atoms with E-state index >= 15 is 0 Å². The van der Waals surface area contributed by atoms with Crippen LogP contribution in [0.3, 0.4) is 0 Å². The maximum atomic E-state index is 6.68. The van der Waals surface area contributed by atoms with Crippen molar-refractivity contribution in [2.75, 3.05) is 0 Å². The van der Waals surface area contributed by atoms with E-state index in [9.17, 15) is 0 Å².